The van der Waals surface area contributed by atoms with Crippen LogP contribution in [0.5, 0.6) is 0 Å². The number of benzene rings is 1. The summed E-state index contributed by atoms with van der Waals surface area (Å²) in [5.74, 6) is -0.984. The number of hydrogen-bond acceptors (Lipinski definition) is 7. The van der Waals surface area contributed by atoms with Gasteiger partial charge in [0, 0.05) is 5.56 Å². The zero-order chi connectivity index (χ0) is 19.1. The lowest BCUT2D eigenvalue weighted by molar-refractivity contribution is -0.146. The molecule has 1 heterocycles. The maximum absolute atomic E-state index is 12.9. The first-order valence-corrected chi connectivity index (χ1v) is 9.02. The lowest BCUT2D eigenvalue weighted by Crippen LogP contribution is -2.46. The summed E-state index contributed by atoms with van der Waals surface area (Å²) < 4.78 is 23.1. The standard InChI is InChI=1S/C17H20FN3O4S/c1-4-10(2)14(16(23)24-3)19-13(22)9-26-17-21-20-15(25-17)11-5-7-12(18)8-6-11/h5-8,10,14H,4,9H2,1-3H3,(H,19,22)/t10-,14-/m0/s1. The maximum Gasteiger partial charge on any atom is 0.328 e. The molecule has 0 saturated carbocycles. The van der Waals surface area contributed by atoms with Gasteiger partial charge in [-0.25, -0.2) is 9.18 Å². The Morgan fingerprint density at radius 1 is 1.31 bits per heavy atom. The Hall–Kier alpha value is -2.42. The molecule has 140 valence electrons. The van der Waals surface area contributed by atoms with E-state index in [4.69, 9.17) is 9.15 Å². The van der Waals surface area contributed by atoms with Crippen molar-refractivity contribution >= 4 is 23.6 Å². The number of aromatic nitrogens is 2. The van der Waals surface area contributed by atoms with Crippen molar-refractivity contribution in [1.82, 2.24) is 15.5 Å². The summed E-state index contributed by atoms with van der Waals surface area (Å²) in [6.45, 7) is 3.79. The third kappa shape index (κ3) is 5.29. The molecule has 0 unspecified atom stereocenters. The second kappa shape index (κ2) is 9.33. The van der Waals surface area contributed by atoms with Crippen molar-refractivity contribution in [2.75, 3.05) is 12.9 Å². The minimum atomic E-state index is -0.699. The van der Waals surface area contributed by atoms with Crippen molar-refractivity contribution in [1.29, 1.82) is 0 Å². The summed E-state index contributed by atoms with van der Waals surface area (Å²) in [4.78, 5) is 23.9. The molecule has 2 atom stereocenters. The van der Waals surface area contributed by atoms with Gasteiger partial charge in [0.15, 0.2) is 0 Å². The van der Waals surface area contributed by atoms with Crippen LogP contribution in [-0.4, -0.2) is 41.0 Å². The zero-order valence-electron chi connectivity index (χ0n) is 14.7. The molecule has 9 heteroatoms. The van der Waals surface area contributed by atoms with E-state index in [1.807, 2.05) is 13.8 Å². The summed E-state index contributed by atoms with van der Waals surface area (Å²) in [6.07, 6.45) is 0.720. The molecule has 0 bridgehead atoms. The second-order valence-corrected chi connectivity index (χ2v) is 6.55. The predicted molar refractivity (Wildman–Crippen MR) is 93.8 cm³/mol. The Balaban J connectivity index is 1.92. The van der Waals surface area contributed by atoms with Gasteiger partial charge in [-0.05, 0) is 30.2 Å². The molecule has 0 aliphatic heterocycles. The minimum Gasteiger partial charge on any atom is -0.467 e. The number of rotatable bonds is 8. The van der Waals surface area contributed by atoms with Crippen molar-refractivity contribution in [2.24, 2.45) is 5.92 Å². The molecule has 0 spiro atoms. The number of ether oxygens (including phenoxy) is 1. The summed E-state index contributed by atoms with van der Waals surface area (Å²) >= 11 is 1.05. The van der Waals surface area contributed by atoms with Crippen molar-refractivity contribution in [3.8, 4) is 11.5 Å². The van der Waals surface area contributed by atoms with E-state index >= 15 is 0 Å². The molecule has 0 aliphatic carbocycles. The van der Waals surface area contributed by atoms with Gasteiger partial charge < -0.3 is 14.5 Å². The first kappa shape index (κ1) is 19.9. The van der Waals surface area contributed by atoms with Crippen LogP contribution < -0.4 is 5.32 Å². The van der Waals surface area contributed by atoms with E-state index in [9.17, 15) is 14.0 Å². The third-order valence-corrected chi connectivity index (χ3v) is 4.63. The number of methoxy groups -OCH3 is 1. The average molecular weight is 381 g/mol. The van der Waals surface area contributed by atoms with Crippen LogP contribution in [0.2, 0.25) is 0 Å². The summed E-state index contributed by atoms with van der Waals surface area (Å²) in [5, 5.41) is 10.6. The van der Waals surface area contributed by atoms with E-state index in [1.165, 1.54) is 31.4 Å². The van der Waals surface area contributed by atoms with Gasteiger partial charge in [0.2, 0.25) is 11.8 Å². The molecule has 1 N–H and O–H groups in total. The SMILES string of the molecule is CC[C@H](C)[C@H](NC(=O)CSc1nnc(-c2ccc(F)cc2)o1)C(=O)OC. The van der Waals surface area contributed by atoms with Crippen LogP contribution >= 0.6 is 11.8 Å². The number of amides is 1. The van der Waals surface area contributed by atoms with Gasteiger partial charge in [-0.1, -0.05) is 32.0 Å². The van der Waals surface area contributed by atoms with Gasteiger partial charge in [-0.2, -0.15) is 0 Å². The third-order valence-electron chi connectivity index (χ3n) is 3.81. The fraction of sp³-hybridized carbons (Fsp3) is 0.412. The van der Waals surface area contributed by atoms with Crippen molar-refractivity contribution in [3.05, 3.63) is 30.1 Å². The summed E-state index contributed by atoms with van der Waals surface area (Å²) in [7, 11) is 1.29. The Morgan fingerprint density at radius 3 is 2.62 bits per heavy atom. The number of nitrogens with zero attached hydrogens (tertiary/aromatic N) is 2. The maximum atomic E-state index is 12.9. The van der Waals surface area contributed by atoms with Crippen LogP contribution in [0.1, 0.15) is 20.3 Å². The Labute approximate surface area is 154 Å². The number of halogens is 1. The second-order valence-electron chi connectivity index (χ2n) is 5.62. The fourth-order valence-electron chi connectivity index (χ4n) is 2.12. The normalized spacial score (nSPS) is 13.1. The van der Waals surface area contributed by atoms with Gasteiger partial charge in [-0.15, -0.1) is 10.2 Å². The molecule has 1 aromatic carbocycles. The predicted octanol–water partition coefficient (Wildman–Crippen LogP) is 2.67. The van der Waals surface area contributed by atoms with Gasteiger partial charge in [-0.3, -0.25) is 4.79 Å². The van der Waals surface area contributed by atoms with E-state index in [0.29, 0.717) is 5.56 Å². The van der Waals surface area contributed by atoms with E-state index in [-0.39, 0.29) is 34.5 Å². The molecule has 0 aliphatic rings. The molecule has 26 heavy (non-hydrogen) atoms. The zero-order valence-corrected chi connectivity index (χ0v) is 15.5. The number of hydrogen-bond donors (Lipinski definition) is 1. The minimum absolute atomic E-state index is 0.00891. The molecule has 1 aromatic heterocycles. The average Bonchev–Trinajstić information content (AvgIpc) is 3.12. The lowest BCUT2D eigenvalue weighted by atomic mass is 9.99. The lowest BCUT2D eigenvalue weighted by Gasteiger charge is -2.21. The molecular weight excluding hydrogens is 361 g/mol. The molecule has 7 nitrogen and oxygen atoms in total. The van der Waals surface area contributed by atoms with Gasteiger partial charge >= 0.3 is 5.97 Å². The summed E-state index contributed by atoms with van der Waals surface area (Å²) in [6, 6.07) is 4.94. The number of thioether (sulfide) groups is 1. The number of carbonyl (C=O) groups is 2. The van der Waals surface area contributed by atoms with E-state index in [1.54, 1.807) is 0 Å². The Morgan fingerprint density at radius 2 is 2.00 bits per heavy atom. The van der Waals surface area contributed by atoms with Gasteiger partial charge in [0.05, 0.1) is 12.9 Å². The van der Waals surface area contributed by atoms with Crippen molar-refractivity contribution in [2.45, 2.75) is 31.5 Å². The number of esters is 1. The number of carbonyl (C=O) groups excluding carboxylic acids is 2. The highest BCUT2D eigenvalue weighted by Gasteiger charge is 2.26. The molecule has 2 aromatic rings. The first-order chi connectivity index (χ1) is 12.4. The molecule has 1 amide bonds. The van der Waals surface area contributed by atoms with Crippen LogP contribution in [0, 0.1) is 11.7 Å². The smallest absolute Gasteiger partial charge is 0.328 e. The molecular formula is C17H20FN3O4S. The Bertz CT molecular complexity index is 751. The topological polar surface area (TPSA) is 94.3 Å². The monoisotopic (exact) mass is 381 g/mol. The van der Waals surface area contributed by atoms with Crippen LogP contribution in [0.3, 0.4) is 0 Å². The Kier molecular flexibility index (Phi) is 7.14. The highest BCUT2D eigenvalue weighted by Crippen LogP contribution is 2.23. The highest BCUT2D eigenvalue weighted by molar-refractivity contribution is 7.99. The van der Waals surface area contributed by atoms with Crippen LogP contribution in [-0.2, 0) is 14.3 Å². The molecule has 0 radical (unpaired) electrons. The quantitative estimate of drug-likeness (QED) is 0.555. The van der Waals surface area contributed by atoms with Crippen molar-refractivity contribution in [3.63, 3.8) is 0 Å². The van der Waals surface area contributed by atoms with E-state index < -0.39 is 12.0 Å². The first-order valence-electron chi connectivity index (χ1n) is 8.04. The van der Waals surface area contributed by atoms with Gasteiger partial charge in [0.1, 0.15) is 11.9 Å². The van der Waals surface area contributed by atoms with Gasteiger partial charge in [0.25, 0.3) is 5.22 Å². The van der Waals surface area contributed by atoms with E-state index in [0.717, 1.165) is 18.2 Å². The van der Waals surface area contributed by atoms with Crippen LogP contribution in [0.25, 0.3) is 11.5 Å². The van der Waals surface area contributed by atoms with Crippen molar-refractivity contribution < 1.29 is 23.1 Å². The highest BCUT2D eigenvalue weighted by atomic mass is 32.2. The molecule has 2 rings (SSSR count). The largest absolute Gasteiger partial charge is 0.467 e. The van der Waals surface area contributed by atoms with E-state index in [2.05, 4.69) is 15.5 Å². The number of nitrogens with one attached hydrogen (secondary N) is 1. The van der Waals surface area contributed by atoms with Crippen LogP contribution in [0.15, 0.2) is 33.9 Å². The summed E-state index contributed by atoms with van der Waals surface area (Å²) in [5.41, 5.74) is 0.581. The fourth-order valence-corrected chi connectivity index (χ4v) is 2.69. The van der Waals surface area contributed by atoms with Crippen LogP contribution in [0.4, 0.5) is 4.39 Å². The molecule has 0 fully saturated rings. The molecule has 0 saturated heterocycles.